The van der Waals surface area contributed by atoms with Crippen molar-refractivity contribution in [2.75, 3.05) is 49.6 Å². The summed E-state index contributed by atoms with van der Waals surface area (Å²) in [4.78, 5) is 36.3. The van der Waals surface area contributed by atoms with Crippen molar-refractivity contribution >= 4 is 34.9 Å². The average molecular weight is 517 g/mol. The van der Waals surface area contributed by atoms with E-state index in [0.717, 1.165) is 6.20 Å². The van der Waals surface area contributed by atoms with Crippen molar-refractivity contribution in [1.82, 2.24) is 25.1 Å². The van der Waals surface area contributed by atoms with Crippen LogP contribution in [0.5, 0.6) is 0 Å². The number of carbonyl (C=O) groups is 1. The number of aromatic amines is 1. The molecule has 3 heterocycles. The summed E-state index contributed by atoms with van der Waals surface area (Å²) in [6.07, 6.45) is -0.810. The molecule has 2 aromatic heterocycles. The molecule has 1 unspecified atom stereocenters. The molecule has 1 atom stereocenters. The van der Waals surface area contributed by atoms with Crippen molar-refractivity contribution in [1.29, 1.82) is 5.41 Å². The van der Waals surface area contributed by atoms with Gasteiger partial charge in [0.15, 0.2) is 5.71 Å². The number of hydrogen-bond donors (Lipinski definition) is 3. The number of nitrogens with one attached hydrogen (secondary N) is 3. The van der Waals surface area contributed by atoms with Gasteiger partial charge in [0.2, 0.25) is 11.9 Å². The summed E-state index contributed by atoms with van der Waals surface area (Å²) in [5, 5.41) is 15.8. The van der Waals surface area contributed by atoms with Gasteiger partial charge in [0.05, 0.1) is 54.5 Å². The summed E-state index contributed by atoms with van der Waals surface area (Å²) in [7, 11) is 0. The lowest BCUT2D eigenvalue weighted by molar-refractivity contribution is -0.132. The quantitative estimate of drug-likeness (QED) is 0.338. The van der Waals surface area contributed by atoms with Crippen LogP contribution in [0.4, 0.5) is 24.8 Å². The third-order valence-electron chi connectivity index (χ3n) is 5.14. The standard InChI is InChI=1S/C20H24ClF3N8O3/c1-12(29-14-10-28-30-18(34)16(14)17(25)20(22,23)24)11-35-7-2-15(33)31-3-5-32(6-4-31)19-26-8-13(21)9-27-19/h8-10,12,25H,2-7,11H2,1H3,(H2,29,30,34). The predicted molar refractivity (Wildman–Crippen MR) is 122 cm³/mol. The molecule has 1 saturated heterocycles. The molecule has 1 aliphatic rings. The van der Waals surface area contributed by atoms with Crippen molar-refractivity contribution in [3.63, 3.8) is 0 Å². The third-order valence-corrected chi connectivity index (χ3v) is 5.34. The monoisotopic (exact) mass is 516 g/mol. The van der Waals surface area contributed by atoms with Crippen LogP contribution in [-0.4, -0.2) is 88.3 Å². The summed E-state index contributed by atoms with van der Waals surface area (Å²) in [5.74, 6) is 0.470. The second-order valence-electron chi connectivity index (χ2n) is 7.80. The number of nitrogens with zero attached hydrogens (tertiary/aromatic N) is 5. The van der Waals surface area contributed by atoms with Gasteiger partial charge in [-0.3, -0.25) is 15.0 Å². The van der Waals surface area contributed by atoms with Crippen LogP contribution in [-0.2, 0) is 9.53 Å². The number of aromatic nitrogens is 4. The zero-order valence-electron chi connectivity index (χ0n) is 18.7. The average Bonchev–Trinajstić information content (AvgIpc) is 2.81. The van der Waals surface area contributed by atoms with E-state index in [9.17, 15) is 22.8 Å². The number of rotatable bonds is 9. The van der Waals surface area contributed by atoms with Gasteiger partial charge in [-0.2, -0.15) is 18.3 Å². The molecule has 15 heteroatoms. The molecular weight excluding hydrogens is 493 g/mol. The van der Waals surface area contributed by atoms with Crippen molar-refractivity contribution in [2.45, 2.75) is 25.6 Å². The van der Waals surface area contributed by atoms with Gasteiger partial charge in [-0.25, -0.2) is 15.1 Å². The summed E-state index contributed by atoms with van der Waals surface area (Å²) < 4.78 is 44.3. The van der Waals surface area contributed by atoms with Crippen LogP contribution in [0.2, 0.25) is 5.02 Å². The van der Waals surface area contributed by atoms with E-state index >= 15 is 0 Å². The number of hydrogen-bond acceptors (Lipinski definition) is 9. The molecule has 3 N–H and O–H groups in total. The number of halogens is 4. The highest BCUT2D eigenvalue weighted by Crippen LogP contribution is 2.23. The van der Waals surface area contributed by atoms with Crippen molar-refractivity contribution in [3.8, 4) is 0 Å². The first kappa shape index (κ1) is 26.3. The van der Waals surface area contributed by atoms with E-state index in [1.165, 1.54) is 12.4 Å². The molecule has 0 bridgehead atoms. The van der Waals surface area contributed by atoms with Gasteiger partial charge < -0.3 is 19.9 Å². The first-order valence-electron chi connectivity index (χ1n) is 10.6. The Labute approximate surface area is 203 Å². The lowest BCUT2D eigenvalue weighted by Gasteiger charge is -2.34. The summed E-state index contributed by atoms with van der Waals surface area (Å²) in [6, 6.07) is -0.517. The summed E-state index contributed by atoms with van der Waals surface area (Å²) >= 11 is 5.80. The van der Waals surface area contributed by atoms with Gasteiger partial charge in [-0.1, -0.05) is 11.6 Å². The fraction of sp³-hybridized carbons (Fsp3) is 0.500. The van der Waals surface area contributed by atoms with E-state index in [0.29, 0.717) is 37.1 Å². The molecule has 1 aliphatic heterocycles. The lowest BCUT2D eigenvalue weighted by atomic mass is 10.1. The SMILES string of the molecule is CC(COCCC(=O)N1CCN(c2ncc(Cl)cn2)CC1)Nc1cn[nH]c(=O)c1C(=N)C(F)(F)F. The van der Waals surface area contributed by atoms with E-state index < -0.39 is 29.1 Å². The molecule has 0 radical (unpaired) electrons. The van der Waals surface area contributed by atoms with Gasteiger partial charge in [0, 0.05) is 32.2 Å². The van der Waals surface area contributed by atoms with Crippen LogP contribution in [0.1, 0.15) is 18.9 Å². The van der Waals surface area contributed by atoms with E-state index in [2.05, 4.69) is 20.4 Å². The molecule has 2 aromatic rings. The normalized spacial score (nSPS) is 15.1. The number of anilines is 2. The van der Waals surface area contributed by atoms with Crippen LogP contribution in [0.3, 0.4) is 0 Å². The minimum absolute atomic E-state index is 0.0561. The van der Waals surface area contributed by atoms with Gasteiger partial charge >= 0.3 is 6.18 Å². The summed E-state index contributed by atoms with van der Waals surface area (Å²) in [6.45, 7) is 3.97. The first-order chi connectivity index (χ1) is 16.6. The first-order valence-corrected chi connectivity index (χ1v) is 11.0. The maximum absolute atomic E-state index is 12.9. The molecule has 0 aromatic carbocycles. The largest absolute Gasteiger partial charge is 0.433 e. The Hall–Kier alpha value is -3.26. The topological polar surface area (TPSA) is 140 Å². The number of H-pyrrole nitrogens is 1. The minimum Gasteiger partial charge on any atom is -0.379 e. The predicted octanol–water partition coefficient (Wildman–Crippen LogP) is 1.70. The van der Waals surface area contributed by atoms with Gasteiger partial charge in [0.1, 0.15) is 0 Å². The van der Waals surface area contributed by atoms with E-state index in [1.54, 1.807) is 11.8 Å². The fourth-order valence-electron chi connectivity index (χ4n) is 3.41. The smallest absolute Gasteiger partial charge is 0.379 e. The molecule has 0 saturated carbocycles. The second kappa shape index (κ2) is 11.4. The molecule has 1 fully saturated rings. The van der Waals surface area contributed by atoms with Crippen molar-refractivity contribution in [2.24, 2.45) is 0 Å². The molecule has 11 nitrogen and oxygen atoms in total. The molecule has 190 valence electrons. The van der Waals surface area contributed by atoms with Crippen LogP contribution in [0.25, 0.3) is 0 Å². The van der Waals surface area contributed by atoms with Gasteiger partial charge in [-0.05, 0) is 6.92 Å². The number of alkyl halides is 3. The Balaban J connectivity index is 1.42. The third kappa shape index (κ3) is 7.11. The Morgan fingerprint density at radius 1 is 1.26 bits per heavy atom. The zero-order valence-corrected chi connectivity index (χ0v) is 19.5. The molecular formula is C20H24ClF3N8O3. The molecule has 0 aliphatic carbocycles. The molecule has 35 heavy (non-hydrogen) atoms. The Kier molecular flexibility index (Phi) is 8.62. The second-order valence-corrected chi connectivity index (χ2v) is 8.24. The Morgan fingerprint density at radius 2 is 1.91 bits per heavy atom. The fourth-order valence-corrected chi connectivity index (χ4v) is 3.50. The van der Waals surface area contributed by atoms with E-state index in [4.69, 9.17) is 21.7 Å². The van der Waals surface area contributed by atoms with Gasteiger partial charge in [-0.15, -0.1) is 0 Å². The zero-order chi connectivity index (χ0) is 25.6. The van der Waals surface area contributed by atoms with Crippen LogP contribution >= 0.6 is 11.6 Å². The molecule has 0 spiro atoms. The lowest BCUT2D eigenvalue weighted by Crippen LogP contribution is -2.49. The molecule has 3 rings (SSSR count). The highest BCUT2D eigenvalue weighted by atomic mass is 35.5. The summed E-state index contributed by atoms with van der Waals surface area (Å²) in [5.41, 5.74) is -3.98. The maximum Gasteiger partial charge on any atom is 0.433 e. The van der Waals surface area contributed by atoms with Crippen LogP contribution < -0.4 is 15.8 Å². The Morgan fingerprint density at radius 3 is 2.54 bits per heavy atom. The van der Waals surface area contributed by atoms with Crippen LogP contribution in [0.15, 0.2) is 23.4 Å². The minimum atomic E-state index is -4.99. The number of carbonyl (C=O) groups excluding carboxylic acids is 1. The highest BCUT2D eigenvalue weighted by molar-refractivity contribution is 6.30. The molecule has 1 amide bonds. The number of amides is 1. The van der Waals surface area contributed by atoms with E-state index in [-0.39, 0.29) is 31.2 Å². The maximum atomic E-state index is 12.9. The van der Waals surface area contributed by atoms with E-state index in [1.807, 2.05) is 10.00 Å². The van der Waals surface area contributed by atoms with Crippen LogP contribution in [0, 0.1) is 5.41 Å². The van der Waals surface area contributed by atoms with Crippen molar-refractivity contribution < 1.29 is 22.7 Å². The van der Waals surface area contributed by atoms with Crippen molar-refractivity contribution in [3.05, 3.63) is 39.5 Å². The Bertz CT molecular complexity index is 1090. The van der Waals surface area contributed by atoms with Gasteiger partial charge in [0.25, 0.3) is 5.56 Å². The number of piperazine rings is 1. The number of ether oxygens (including phenoxy) is 1. The highest BCUT2D eigenvalue weighted by Gasteiger charge is 2.38.